The number of rotatable bonds is 3. The third-order valence-electron chi connectivity index (χ3n) is 2.93. The molecule has 2 heterocycles. The van der Waals surface area contributed by atoms with E-state index in [0.29, 0.717) is 17.7 Å². The predicted molar refractivity (Wildman–Crippen MR) is 64.5 cm³/mol. The molecule has 0 amide bonds. The van der Waals surface area contributed by atoms with Gasteiger partial charge in [-0.15, -0.1) is 0 Å². The van der Waals surface area contributed by atoms with Gasteiger partial charge in [-0.1, -0.05) is 11.6 Å². The molecule has 0 radical (unpaired) electrons. The number of likely N-dealkylation sites (tertiary alicyclic amines) is 1. The second-order valence-corrected chi connectivity index (χ2v) is 4.65. The molecule has 0 aliphatic carbocycles. The van der Waals surface area contributed by atoms with Crippen molar-refractivity contribution in [2.45, 2.75) is 25.4 Å². The molecule has 1 unspecified atom stereocenters. The summed E-state index contributed by atoms with van der Waals surface area (Å²) in [5.41, 5.74) is 6.62. The second kappa shape index (κ2) is 5.27. The summed E-state index contributed by atoms with van der Waals surface area (Å²) in [7, 11) is 0. The van der Waals surface area contributed by atoms with E-state index in [0.717, 1.165) is 25.1 Å². The Hall–Kier alpha value is -0.420. The van der Waals surface area contributed by atoms with Crippen molar-refractivity contribution in [3.63, 3.8) is 0 Å². The molecule has 1 aromatic rings. The Bertz CT molecular complexity index is 372. The van der Waals surface area contributed by atoms with E-state index in [9.17, 15) is 0 Å². The largest absolute Gasteiger partial charge is 0.329 e. The minimum atomic E-state index is 0.186. The van der Waals surface area contributed by atoms with Crippen LogP contribution < -0.4 is 5.73 Å². The molecule has 1 aliphatic heterocycles. The van der Waals surface area contributed by atoms with Crippen LogP contribution in [-0.2, 0) is 6.54 Å². The van der Waals surface area contributed by atoms with Crippen LogP contribution in [0.3, 0.4) is 0 Å². The third kappa shape index (κ3) is 2.63. The van der Waals surface area contributed by atoms with Gasteiger partial charge in [0.25, 0.3) is 0 Å². The van der Waals surface area contributed by atoms with Crippen LogP contribution in [0.2, 0.25) is 10.4 Å². The molecule has 2 N–H and O–H groups in total. The minimum absolute atomic E-state index is 0.186. The van der Waals surface area contributed by atoms with Crippen molar-refractivity contribution >= 4 is 23.2 Å². The molecule has 2 rings (SSSR count). The number of nitrogens with zero attached hydrogens (tertiary/aromatic N) is 3. The lowest BCUT2D eigenvalue weighted by Gasteiger charge is -2.23. The Morgan fingerprint density at radius 3 is 3.00 bits per heavy atom. The molecule has 0 saturated carbocycles. The number of nitrogens with two attached hydrogens (primary N) is 1. The summed E-state index contributed by atoms with van der Waals surface area (Å²) in [6.07, 6.45) is 4.03. The van der Waals surface area contributed by atoms with Crippen molar-refractivity contribution in [3.8, 4) is 0 Å². The first-order chi connectivity index (χ1) is 7.70. The molecular weight excluding hydrogens is 247 g/mol. The molecule has 88 valence electrons. The van der Waals surface area contributed by atoms with Crippen molar-refractivity contribution in [2.24, 2.45) is 5.73 Å². The number of hydrogen-bond acceptors (Lipinski definition) is 4. The maximum absolute atomic E-state index is 6.01. The van der Waals surface area contributed by atoms with Crippen LogP contribution >= 0.6 is 23.2 Å². The molecule has 1 atom stereocenters. The number of aromatic nitrogens is 2. The molecule has 1 saturated heterocycles. The average Bonchev–Trinajstić information content (AvgIpc) is 2.69. The molecule has 4 nitrogen and oxygen atoms in total. The summed E-state index contributed by atoms with van der Waals surface area (Å²) < 4.78 is 0. The van der Waals surface area contributed by atoms with Crippen molar-refractivity contribution in [1.29, 1.82) is 0 Å². The SMILES string of the molecule is NCC1CCCN1Cc1cnc(Cl)nc1Cl. The highest BCUT2D eigenvalue weighted by atomic mass is 35.5. The minimum Gasteiger partial charge on any atom is -0.329 e. The lowest BCUT2D eigenvalue weighted by atomic mass is 10.2. The lowest BCUT2D eigenvalue weighted by Crippen LogP contribution is -2.35. The summed E-state index contributed by atoms with van der Waals surface area (Å²) in [5, 5.41) is 0.619. The molecule has 1 fully saturated rings. The van der Waals surface area contributed by atoms with Gasteiger partial charge in [0, 0.05) is 30.9 Å². The molecule has 0 bridgehead atoms. The van der Waals surface area contributed by atoms with E-state index >= 15 is 0 Å². The Morgan fingerprint density at radius 2 is 2.31 bits per heavy atom. The van der Waals surface area contributed by atoms with Crippen LogP contribution in [0.5, 0.6) is 0 Å². The van der Waals surface area contributed by atoms with Crippen LogP contribution in [0.15, 0.2) is 6.20 Å². The zero-order chi connectivity index (χ0) is 11.5. The van der Waals surface area contributed by atoms with E-state index in [4.69, 9.17) is 28.9 Å². The van der Waals surface area contributed by atoms with Crippen LogP contribution in [0.4, 0.5) is 0 Å². The quantitative estimate of drug-likeness (QED) is 0.664. The molecule has 16 heavy (non-hydrogen) atoms. The highest BCUT2D eigenvalue weighted by molar-refractivity contribution is 6.32. The summed E-state index contributed by atoms with van der Waals surface area (Å²) >= 11 is 11.7. The van der Waals surface area contributed by atoms with Crippen molar-refractivity contribution < 1.29 is 0 Å². The Kier molecular flexibility index (Phi) is 3.97. The molecule has 0 spiro atoms. The summed E-state index contributed by atoms with van der Waals surface area (Å²) in [4.78, 5) is 10.2. The first kappa shape index (κ1) is 12.0. The number of hydrogen-bond donors (Lipinski definition) is 1. The molecule has 1 aromatic heterocycles. The van der Waals surface area contributed by atoms with E-state index in [1.54, 1.807) is 6.20 Å². The van der Waals surface area contributed by atoms with E-state index in [2.05, 4.69) is 14.9 Å². The smallest absolute Gasteiger partial charge is 0.223 e. The van der Waals surface area contributed by atoms with Crippen molar-refractivity contribution in [3.05, 3.63) is 22.2 Å². The van der Waals surface area contributed by atoms with Gasteiger partial charge >= 0.3 is 0 Å². The van der Waals surface area contributed by atoms with Gasteiger partial charge in [-0.2, -0.15) is 0 Å². The fourth-order valence-corrected chi connectivity index (χ4v) is 2.43. The zero-order valence-electron chi connectivity index (χ0n) is 8.87. The standard InChI is InChI=1S/C10H14Cl2N4/c11-9-7(5-14-10(12)15-9)6-16-3-1-2-8(16)4-13/h5,8H,1-4,6,13H2. The summed E-state index contributed by atoms with van der Waals surface area (Å²) in [6, 6.07) is 0.451. The third-order valence-corrected chi connectivity index (χ3v) is 3.44. The van der Waals surface area contributed by atoms with Crippen LogP contribution in [-0.4, -0.2) is 34.0 Å². The molecule has 0 aromatic carbocycles. The molecular formula is C10H14Cl2N4. The highest BCUT2D eigenvalue weighted by Crippen LogP contribution is 2.22. The summed E-state index contributed by atoms with van der Waals surface area (Å²) in [5.74, 6) is 0. The van der Waals surface area contributed by atoms with Gasteiger partial charge in [-0.25, -0.2) is 9.97 Å². The highest BCUT2D eigenvalue weighted by Gasteiger charge is 2.23. The maximum Gasteiger partial charge on any atom is 0.223 e. The first-order valence-electron chi connectivity index (χ1n) is 5.31. The monoisotopic (exact) mass is 260 g/mol. The fourth-order valence-electron chi connectivity index (χ4n) is 2.06. The van der Waals surface area contributed by atoms with E-state index in [1.807, 2.05) is 0 Å². The topological polar surface area (TPSA) is 55.0 Å². The summed E-state index contributed by atoms with van der Waals surface area (Å²) in [6.45, 7) is 2.49. The van der Waals surface area contributed by atoms with Crippen LogP contribution in [0, 0.1) is 0 Å². The van der Waals surface area contributed by atoms with Gasteiger partial charge in [0.15, 0.2) is 0 Å². The normalized spacial score (nSPS) is 21.6. The van der Waals surface area contributed by atoms with Gasteiger partial charge in [0.1, 0.15) is 5.15 Å². The van der Waals surface area contributed by atoms with E-state index in [1.165, 1.54) is 6.42 Å². The van der Waals surface area contributed by atoms with E-state index < -0.39 is 0 Å². The van der Waals surface area contributed by atoms with Crippen molar-refractivity contribution in [1.82, 2.24) is 14.9 Å². The van der Waals surface area contributed by atoms with Crippen LogP contribution in [0.25, 0.3) is 0 Å². The Labute approximate surface area is 105 Å². The maximum atomic E-state index is 6.01. The van der Waals surface area contributed by atoms with Crippen LogP contribution in [0.1, 0.15) is 18.4 Å². The molecule has 1 aliphatic rings. The Balaban J connectivity index is 2.08. The lowest BCUT2D eigenvalue weighted by molar-refractivity contribution is 0.250. The van der Waals surface area contributed by atoms with Gasteiger partial charge in [-0.3, -0.25) is 4.90 Å². The van der Waals surface area contributed by atoms with E-state index in [-0.39, 0.29) is 5.28 Å². The average molecular weight is 261 g/mol. The van der Waals surface area contributed by atoms with Gasteiger partial charge in [-0.05, 0) is 31.0 Å². The molecule has 6 heteroatoms. The number of halogens is 2. The first-order valence-corrected chi connectivity index (χ1v) is 6.07. The second-order valence-electron chi connectivity index (χ2n) is 3.96. The zero-order valence-corrected chi connectivity index (χ0v) is 10.4. The fraction of sp³-hybridized carbons (Fsp3) is 0.600. The van der Waals surface area contributed by atoms with Gasteiger partial charge in [0.05, 0.1) is 0 Å². The van der Waals surface area contributed by atoms with Crippen molar-refractivity contribution in [2.75, 3.05) is 13.1 Å². The predicted octanol–water partition coefficient (Wildman–Crippen LogP) is 1.71. The Morgan fingerprint density at radius 1 is 1.50 bits per heavy atom. The van der Waals surface area contributed by atoms with Gasteiger partial charge < -0.3 is 5.73 Å². The van der Waals surface area contributed by atoms with Gasteiger partial charge in [0.2, 0.25) is 5.28 Å².